The third-order valence-corrected chi connectivity index (χ3v) is 3.14. The SMILES string of the molecule is O=C(CO)N/N=C\c1ccc(OCC(=O)Nc2cccc(Cl)c2)cc1. The van der Waals surface area contributed by atoms with Gasteiger partial charge in [0.25, 0.3) is 11.8 Å². The molecule has 0 aliphatic carbocycles. The minimum Gasteiger partial charge on any atom is -0.484 e. The summed E-state index contributed by atoms with van der Waals surface area (Å²) < 4.78 is 5.39. The van der Waals surface area contributed by atoms with Crippen LogP contribution in [0.15, 0.2) is 53.6 Å². The van der Waals surface area contributed by atoms with Crippen molar-refractivity contribution < 1.29 is 19.4 Å². The van der Waals surface area contributed by atoms with Crippen LogP contribution in [-0.4, -0.2) is 36.3 Å². The van der Waals surface area contributed by atoms with Crippen LogP contribution < -0.4 is 15.5 Å². The third kappa shape index (κ3) is 6.62. The molecule has 0 saturated carbocycles. The van der Waals surface area contributed by atoms with E-state index < -0.39 is 12.5 Å². The molecule has 0 spiro atoms. The summed E-state index contributed by atoms with van der Waals surface area (Å²) in [4.78, 5) is 22.7. The molecule has 0 aliphatic rings. The van der Waals surface area contributed by atoms with Gasteiger partial charge in [0.2, 0.25) is 0 Å². The first-order valence-corrected chi connectivity index (χ1v) is 7.65. The van der Waals surface area contributed by atoms with Crippen LogP contribution in [0.2, 0.25) is 5.02 Å². The second kappa shape index (κ2) is 9.41. The summed E-state index contributed by atoms with van der Waals surface area (Å²) in [5.74, 6) is -0.390. The molecule has 8 heteroatoms. The Morgan fingerprint density at radius 3 is 2.60 bits per heavy atom. The Morgan fingerprint density at radius 1 is 1.16 bits per heavy atom. The molecular weight excluding hydrogens is 346 g/mol. The van der Waals surface area contributed by atoms with Crippen LogP contribution in [0, 0.1) is 0 Å². The van der Waals surface area contributed by atoms with E-state index in [0.29, 0.717) is 22.0 Å². The molecule has 0 bridgehead atoms. The van der Waals surface area contributed by atoms with E-state index >= 15 is 0 Å². The van der Waals surface area contributed by atoms with Gasteiger partial charge in [-0.25, -0.2) is 5.43 Å². The Hall–Kier alpha value is -2.90. The molecule has 2 aromatic carbocycles. The highest BCUT2D eigenvalue weighted by molar-refractivity contribution is 6.30. The van der Waals surface area contributed by atoms with Gasteiger partial charge in [-0.1, -0.05) is 17.7 Å². The highest BCUT2D eigenvalue weighted by atomic mass is 35.5. The second-order valence-corrected chi connectivity index (χ2v) is 5.30. The molecule has 25 heavy (non-hydrogen) atoms. The Balaban J connectivity index is 1.81. The normalized spacial score (nSPS) is 10.5. The number of halogens is 1. The van der Waals surface area contributed by atoms with Gasteiger partial charge in [-0.15, -0.1) is 0 Å². The number of hydrogen-bond donors (Lipinski definition) is 3. The molecule has 3 N–H and O–H groups in total. The average Bonchev–Trinajstić information content (AvgIpc) is 2.61. The zero-order valence-corrected chi connectivity index (χ0v) is 13.9. The van der Waals surface area contributed by atoms with Gasteiger partial charge >= 0.3 is 0 Å². The summed E-state index contributed by atoms with van der Waals surface area (Å²) in [6, 6.07) is 13.6. The van der Waals surface area contributed by atoms with E-state index in [4.69, 9.17) is 21.4 Å². The fraction of sp³-hybridized carbons (Fsp3) is 0.118. The summed E-state index contributed by atoms with van der Waals surface area (Å²) >= 11 is 5.85. The second-order valence-electron chi connectivity index (χ2n) is 4.87. The van der Waals surface area contributed by atoms with Crippen molar-refractivity contribution in [2.24, 2.45) is 5.10 Å². The van der Waals surface area contributed by atoms with Crippen LogP contribution in [0.5, 0.6) is 5.75 Å². The van der Waals surface area contributed by atoms with E-state index in [1.54, 1.807) is 48.5 Å². The quantitative estimate of drug-likeness (QED) is 0.517. The smallest absolute Gasteiger partial charge is 0.265 e. The van der Waals surface area contributed by atoms with Gasteiger partial charge in [0.15, 0.2) is 6.61 Å². The summed E-state index contributed by atoms with van der Waals surface area (Å²) in [5, 5.41) is 15.4. The van der Waals surface area contributed by atoms with Crippen LogP contribution >= 0.6 is 11.6 Å². The Bertz CT molecular complexity index is 763. The first kappa shape index (κ1) is 18.4. The summed E-state index contributed by atoms with van der Waals surface area (Å²) in [5.41, 5.74) is 3.46. The first-order chi connectivity index (χ1) is 12.1. The predicted molar refractivity (Wildman–Crippen MR) is 94.8 cm³/mol. The van der Waals surface area contributed by atoms with Crippen molar-refractivity contribution in [3.05, 3.63) is 59.1 Å². The number of carbonyl (C=O) groups excluding carboxylic acids is 2. The molecule has 2 aromatic rings. The fourth-order valence-corrected chi connectivity index (χ4v) is 1.97. The van der Waals surface area contributed by atoms with Crippen LogP contribution in [-0.2, 0) is 9.59 Å². The number of nitrogens with zero attached hydrogens (tertiary/aromatic N) is 1. The predicted octanol–water partition coefficient (Wildman–Crippen LogP) is 1.80. The lowest BCUT2D eigenvalue weighted by Crippen LogP contribution is -2.20. The van der Waals surface area contributed by atoms with E-state index in [0.717, 1.165) is 0 Å². The van der Waals surface area contributed by atoms with Crippen LogP contribution in [0.4, 0.5) is 5.69 Å². The van der Waals surface area contributed by atoms with E-state index in [-0.39, 0.29) is 12.5 Å². The summed E-state index contributed by atoms with van der Waals surface area (Å²) in [6.45, 7) is -0.770. The highest BCUT2D eigenvalue weighted by Gasteiger charge is 2.04. The van der Waals surface area contributed by atoms with E-state index in [2.05, 4.69) is 15.8 Å². The number of aliphatic hydroxyl groups excluding tert-OH is 1. The molecular formula is C17H16ClN3O4. The number of aliphatic hydroxyl groups is 1. The summed E-state index contributed by atoms with van der Waals surface area (Å²) in [6.07, 6.45) is 1.42. The number of hydrazone groups is 1. The molecule has 0 atom stereocenters. The molecule has 0 aliphatic heterocycles. The minimum absolute atomic E-state index is 0.146. The molecule has 0 fully saturated rings. The van der Waals surface area contributed by atoms with Gasteiger partial charge in [-0.05, 0) is 48.0 Å². The number of rotatable bonds is 7. The largest absolute Gasteiger partial charge is 0.484 e. The monoisotopic (exact) mass is 361 g/mol. The lowest BCUT2D eigenvalue weighted by atomic mass is 10.2. The Morgan fingerprint density at radius 2 is 1.92 bits per heavy atom. The van der Waals surface area contributed by atoms with Crippen LogP contribution in [0.1, 0.15) is 5.56 Å². The molecule has 2 rings (SSSR count). The number of ether oxygens (including phenoxy) is 1. The zero-order valence-electron chi connectivity index (χ0n) is 13.1. The van der Waals surface area contributed by atoms with Crippen LogP contribution in [0.3, 0.4) is 0 Å². The van der Waals surface area contributed by atoms with Crippen molar-refractivity contribution in [3.8, 4) is 5.75 Å². The highest BCUT2D eigenvalue weighted by Crippen LogP contribution is 2.15. The zero-order chi connectivity index (χ0) is 18.1. The van der Waals surface area contributed by atoms with E-state index in [1.807, 2.05) is 0 Å². The lowest BCUT2D eigenvalue weighted by Gasteiger charge is -2.08. The van der Waals surface area contributed by atoms with E-state index in [9.17, 15) is 9.59 Å². The van der Waals surface area contributed by atoms with Gasteiger partial charge < -0.3 is 15.2 Å². The molecule has 0 heterocycles. The van der Waals surface area contributed by atoms with Gasteiger partial charge in [0, 0.05) is 10.7 Å². The molecule has 0 saturated heterocycles. The number of benzene rings is 2. The van der Waals surface area contributed by atoms with Crippen molar-refractivity contribution in [2.75, 3.05) is 18.5 Å². The maximum Gasteiger partial charge on any atom is 0.265 e. The molecule has 7 nitrogen and oxygen atoms in total. The Labute approximate surface area is 149 Å². The fourth-order valence-electron chi connectivity index (χ4n) is 1.78. The number of hydrogen-bond acceptors (Lipinski definition) is 5. The topological polar surface area (TPSA) is 100 Å². The number of amides is 2. The molecule has 2 amide bonds. The lowest BCUT2D eigenvalue weighted by molar-refractivity contribution is -0.123. The van der Waals surface area contributed by atoms with Crippen molar-refractivity contribution in [2.45, 2.75) is 0 Å². The molecule has 0 radical (unpaired) electrons. The van der Waals surface area contributed by atoms with Crippen molar-refractivity contribution in [1.29, 1.82) is 0 Å². The number of carbonyl (C=O) groups is 2. The molecule has 130 valence electrons. The van der Waals surface area contributed by atoms with E-state index in [1.165, 1.54) is 6.21 Å². The third-order valence-electron chi connectivity index (χ3n) is 2.90. The maximum absolute atomic E-state index is 11.8. The van der Waals surface area contributed by atoms with Gasteiger partial charge in [0.05, 0.1) is 6.21 Å². The number of anilines is 1. The summed E-state index contributed by atoms with van der Waals surface area (Å²) in [7, 11) is 0. The average molecular weight is 362 g/mol. The first-order valence-electron chi connectivity index (χ1n) is 7.28. The van der Waals surface area contributed by atoms with Crippen molar-refractivity contribution in [1.82, 2.24) is 5.43 Å². The minimum atomic E-state index is -0.624. The standard InChI is InChI=1S/C17H16ClN3O4/c18-13-2-1-3-14(8-13)20-17(24)11-25-15-6-4-12(5-7-15)9-19-21-16(23)10-22/h1-9,22H,10-11H2,(H,20,24)(H,21,23)/b19-9-. The van der Waals surface area contributed by atoms with Gasteiger partial charge in [-0.2, -0.15) is 5.10 Å². The Kier molecular flexibility index (Phi) is 6.94. The van der Waals surface area contributed by atoms with Gasteiger partial charge in [0.1, 0.15) is 12.4 Å². The van der Waals surface area contributed by atoms with Gasteiger partial charge in [-0.3, -0.25) is 9.59 Å². The van der Waals surface area contributed by atoms with Crippen molar-refractivity contribution >= 4 is 35.3 Å². The molecule has 0 aromatic heterocycles. The van der Waals surface area contributed by atoms with Crippen molar-refractivity contribution in [3.63, 3.8) is 0 Å². The maximum atomic E-state index is 11.8. The van der Waals surface area contributed by atoms with Crippen LogP contribution in [0.25, 0.3) is 0 Å². The molecule has 0 unspecified atom stereocenters. The number of nitrogens with one attached hydrogen (secondary N) is 2.